The molecule has 29 heavy (non-hydrogen) atoms. The third kappa shape index (κ3) is 4.65. The lowest BCUT2D eigenvalue weighted by Gasteiger charge is -2.18. The fourth-order valence-electron chi connectivity index (χ4n) is 2.72. The number of nitrogens with one attached hydrogen (secondary N) is 1. The van der Waals surface area contributed by atoms with Crippen LogP contribution >= 0.6 is 11.6 Å². The number of halogens is 1. The normalized spacial score (nSPS) is 12.5. The molecule has 0 saturated heterocycles. The summed E-state index contributed by atoms with van der Waals surface area (Å²) in [6.07, 6.45) is -0.0445. The van der Waals surface area contributed by atoms with Gasteiger partial charge in [0.25, 0.3) is 15.9 Å². The van der Waals surface area contributed by atoms with Crippen molar-refractivity contribution in [3.63, 3.8) is 0 Å². The maximum Gasteiger partial charge on any atom is 0.264 e. The molecule has 1 N–H and O–H groups in total. The minimum absolute atomic E-state index is 0.0621. The summed E-state index contributed by atoms with van der Waals surface area (Å²) in [7, 11) is -4.05. The van der Waals surface area contributed by atoms with Gasteiger partial charge in [0.1, 0.15) is 4.90 Å². The van der Waals surface area contributed by atoms with Gasteiger partial charge in [0, 0.05) is 6.42 Å². The first-order valence-electron chi connectivity index (χ1n) is 9.09. The summed E-state index contributed by atoms with van der Waals surface area (Å²) in [5, 5.41) is 0.0730. The number of carbonyl (C=O) groups excluding carboxylic acids is 1. The average molecular weight is 434 g/mol. The molecule has 0 fully saturated rings. The number of hydrogen-bond donors (Lipinski definition) is 1. The predicted octanol–water partition coefficient (Wildman–Crippen LogP) is 4.22. The molecule has 9 heteroatoms. The molecule has 2 aromatic carbocycles. The Labute approximate surface area is 174 Å². The van der Waals surface area contributed by atoms with Gasteiger partial charge in [-0.2, -0.15) is 0 Å². The van der Waals surface area contributed by atoms with E-state index in [4.69, 9.17) is 16.3 Å². The van der Waals surface area contributed by atoms with E-state index in [-0.39, 0.29) is 27.4 Å². The third-order valence-corrected chi connectivity index (χ3v) is 6.07. The molecule has 3 rings (SSSR count). The van der Waals surface area contributed by atoms with Crippen molar-refractivity contribution in [3.05, 3.63) is 53.6 Å². The summed E-state index contributed by atoms with van der Waals surface area (Å²) in [6, 6.07) is 13.0. The van der Waals surface area contributed by atoms with Crippen molar-refractivity contribution in [2.45, 2.75) is 37.7 Å². The van der Waals surface area contributed by atoms with Crippen LogP contribution in [0.2, 0.25) is 5.02 Å². The van der Waals surface area contributed by atoms with E-state index in [0.717, 1.165) is 0 Å². The van der Waals surface area contributed by atoms with Gasteiger partial charge in [-0.15, -0.1) is 0 Å². The Bertz CT molecular complexity index is 1150. The first-order chi connectivity index (χ1) is 13.9. The van der Waals surface area contributed by atoms with Crippen molar-refractivity contribution in [2.24, 2.45) is 0 Å². The molecule has 0 amide bonds. The lowest BCUT2D eigenvalue weighted by molar-refractivity contribution is -0.125. The molecular weight excluding hydrogens is 414 g/mol. The second-order valence-corrected chi connectivity index (χ2v) is 8.29. The maximum atomic E-state index is 12.9. The summed E-state index contributed by atoms with van der Waals surface area (Å²) in [6.45, 7) is 3.54. The Morgan fingerprint density at radius 1 is 1.07 bits per heavy atom. The van der Waals surface area contributed by atoms with Gasteiger partial charge in [0.2, 0.25) is 5.82 Å². The smallest absolute Gasteiger partial charge is 0.264 e. The van der Waals surface area contributed by atoms with Gasteiger partial charge in [-0.25, -0.2) is 18.4 Å². The number of sulfonamides is 1. The van der Waals surface area contributed by atoms with Crippen LogP contribution in [0.25, 0.3) is 11.0 Å². The third-order valence-electron chi connectivity index (χ3n) is 4.23. The zero-order valence-electron chi connectivity index (χ0n) is 15.9. The SMILES string of the molecule is CCC(=O)C(CC)Oc1nc2ccccc2nc1NS(=O)(=O)c1ccccc1Cl. The quantitative estimate of drug-likeness (QED) is 0.571. The molecule has 152 valence electrons. The number of aromatic nitrogens is 2. The van der Waals surface area contributed by atoms with Gasteiger partial charge in [-0.05, 0) is 30.7 Å². The van der Waals surface area contributed by atoms with Crippen LogP contribution in [0.3, 0.4) is 0 Å². The maximum absolute atomic E-state index is 12.9. The molecule has 0 aliphatic heterocycles. The van der Waals surface area contributed by atoms with E-state index in [1.165, 1.54) is 12.1 Å². The number of ketones is 1. The van der Waals surface area contributed by atoms with E-state index in [2.05, 4.69) is 14.7 Å². The molecule has 0 saturated carbocycles. The van der Waals surface area contributed by atoms with Gasteiger partial charge < -0.3 is 4.74 Å². The Kier molecular flexibility index (Phi) is 6.34. The summed E-state index contributed by atoms with van der Waals surface area (Å²) >= 11 is 6.05. The zero-order valence-corrected chi connectivity index (χ0v) is 17.5. The first kappa shape index (κ1) is 21.0. The molecule has 1 unspecified atom stereocenters. The van der Waals surface area contributed by atoms with Gasteiger partial charge in [0.05, 0.1) is 16.1 Å². The lowest BCUT2D eigenvalue weighted by atomic mass is 10.1. The Balaban J connectivity index is 2.07. The van der Waals surface area contributed by atoms with Gasteiger partial charge >= 0.3 is 0 Å². The van der Waals surface area contributed by atoms with Crippen LogP contribution in [0.15, 0.2) is 53.4 Å². The molecule has 0 aliphatic rings. The summed E-state index contributed by atoms with van der Waals surface area (Å²) in [4.78, 5) is 20.8. The molecule has 0 bridgehead atoms. The molecule has 1 atom stereocenters. The van der Waals surface area contributed by atoms with Crippen LogP contribution in [0.1, 0.15) is 26.7 Å². The van der Waals surface area contributed by atoms with Gasteiger partial charge in [-0.3, -0.25) is 9.52 Å². The standard InChI is InChI=1S/C20H20ClN3O4S/c1-3-16(25)17(4-2)28-20-19(22-14-10-6-7-11-15(14)23-20)24-29(26,27)18-12-8-5-9-13(18)21/h5-12,17H,3-4H2,1-2H3,(H,22,24). The van der Waals surface area contributed by atoms with Crippen molar-refractivity contribution in [1.29, 1.82) is 0 Å². The lowest BCUT2D eigenvalue weighted by Crippen LogP contribution is -2.27. The highest BCUT2D eigenvalue weighted by molar-refractivity contribution is 7.92. The van der Waals surface area contributed by atoms with Crippen molar-refractivity contribution >= 4 is 44.3 Å². The van der Waals surface area contributed by atoms with Gasteiger partial charge in [-0.1, -0.05) is 49.7 Å². The number of carbonyl (C=O) groups is 1. The van der Waals surface area contributed by atoms with Crippen LogP contribution < -0.4 is 9.46 Å². The fraction of sp³-hybridized carbons (Fsp3) is 0.250. The molecule has 1 heterocycles. The number of rotatable bonds is 8. The zero-order chi connectivity index (χ0) is 21.0. The number of anilines is 1. The monoisotopic (exact) mass is 433 g/mol. The topological polar surface area (TPSA) is 98.2 Å². The number of fused-ring (bicyclic) bond motifs is 1. The minimum atomic E-state index is -4.05. The highest BCUT2D eigenvalue weighted by Gasteiger charge is 2.24. The van der Waals surface area contributed by atoms with Crippen molar-refractivity contribution in [2.75, 3.05) is 4.72 Å². The number of benzene rings is 2. The highest BCUT2D eigenvalue weighted by Crippen LogP contribution is 2.29. The molecule has 7 nitrogen and oxygen atoms in total. The van der Waals surface area contributed by atoms with E-state index in [0.29, 0.717) is 23.9 Å². The van der Waals surface area contributed by atoms with E-state index in [1.807, 2.05) is 0 Å². The van der Waals surface area contributed by atoms with Crippen LogP contribution in [0.4, 0.5) is 5.82 Å². The van der Waals surface area contributed by atoms with E-state index in [9.17, 15) is 13.2 Å². The number of ether oxygens (including phenoxy) is 1. The number of nitrogens with zero attached hydrogens (tertiary/aromatic N) is 2. The largest absolute Gasteiger partial charge is 0.464 e. The van der Waals surface area contributed by atoms with E-state index in [1.54, 1.807) is 50.2 Å². The van der Waals surface area contributed by atoms with Crippen molar-refractivity contribution < 1.29 is 17.9 Å². The molecule has 0 radical (unpaired) electrons. The minimum Gasteiger partial charge on any atom is -0.464 e. The molecule has 0 spiro atoms. The summed E-state index contributed by atoms with van der Waals surface area (Å²) in [5.41, 5.74) is 0.994. The number of hydrogen-bond acceptors (Lipinski definition) is 6. The van der Waals surface area contributed by atoms with Crippen molar-refractivity contribution in [1.82, 2.24) is 9.97 Å². The van der Waals surface area contributed by atoms with E-state index >= 15 is 0 Å². The molecule has 1 aromatic heterocycles. The molecule has 3 aromatic rings. The molecular formula is C20H20ClN3O4S. The molecule has 0 aliphatic carbocycles. The first-order valence-corrected chi connectivity index (χ1v) is 10.9. The Morgan fingerprint density at radius 3 is 2.31 bits per heavy atom. The summed E-state index contributed by atoms with van der Waals surface area (Å²) in [5.74, 6) is -0.277. The number of para-hydroxylation sites is 2. The van der Waals surface area contributed by atoms with Crippen LogP contribution in [-0.4, -0.2) is 30.3 Å². The fourth-order valence-corrected chi connectivity index (χ4v) is 4.24. The number of Topliss-reactive ketones (excluding diaryl/α,β-unsaturated/α-hetero) is 1. The highest BCUT2D eigenvalue weighted by atomic mass is 35.5. The van der Waals surface area contributed by atoms with Crippen molar-refractivity contribution in [3.8, 4) is 5.88 Å². The van der Waals surface area contributed by atoms with Gasteiger partial charge in [0.15, 0.2) is 11.9 Å². The predicted molar refractivity (Wildman–Crippen MR) is 112 cm³/mol. The van der Waals surface area contributed by atoms with Crippen LogP contribution in [-0.2, 0) is 14.8 Å². The average Bonchev–Trinajstić information content (AvgIpc) is 2.71. The van der Waals surface area contributed by atoms with Crippen LogP contribution in [0.5, 0.6) is 5.88 Å². The Hall–Kier alpha value is -2.71. The van der Waals surface area contributed by atoms with E-state index < -0.39 is 16.1 Å². The summed E-state index contributed by atoms with van der Waals surface area (Å²) < 4.78 is 33.9. The van der Waals surface area contributed by atoms with Crippen LogP contribution in [0, 0.1) is 0 Å². The second kappa shape index (κ2) is 8.75. The second-order valence-electron chi connectivity index (χ2n) is 6.24. The Morgan fingerprint density at radius 2 is 1.69 bits per heavy atom.